The standard InChI is InChI=1S/C15H24N4O/c1-11-9-12(15(16)20)10-14(18-11)19-8-4-3-5-13(19)6-7-17-2/h9-10,13,17H,3-8H2,1-2H3,(H2,16,20). The fourth-order valence-electron chi connectivity index (χ4n) is 2.85. The minimum absolute atomic E-state index is 0.388. The van der Waals surface area contributed by atoms with Gasteiger partial charge in [0.15, 0.2) is 0 Å². The van der Waals surface area contributed by atoms with Crippen LogP contribution in [-0.2, 0) is 0 Å². The molecule has 5 heteroatoms. The van der Waals surface area contributed by atoms with Gasteiger partial charge in [0.25, 0.3) is 0 Å². The largest absolute Gasteiger partial charge is 0.366 e. The Morgan fingerprint density at radius 3 is 3.00 bits per heavy atom. The van der Waals surface area contributed by atoms with Crippen LogP contribution in [0.1, 0.15) is 41.7 Å². The molecule has 0 saturated carbocycles. The summed E-state index contributed by atoms with van der Waals surface area (Å²) < 4.78 is 0. The van der Waals surface area contributed by atoms with Crippen molar-refractivity contribution in [2.24, 2.45) is 5.73 Å². The van der Waals surface area contributed by atoms with E-state index in [2.05, 4.69) is 15.2 Å². The zero-order valence-corrected chi connectivity index (χ0v) is 12.4. The van der Waals surface area contributed by atoms with Crippen molar-refractivity contribution >= 4 is 11.7 Å². The number of aryl methyl sites for hydroxylation is 1. The molecule has 0 bridgehead atoms. The molecule has 1 fully saturated rings. The van der Waals surface area contributed by atoms with E-state index in [0.717, 1.165) is 31.0 Å². The first-order valence-electron chi connectivity index (χ1n) is 7.31. The van der Waals surface area contributed by atoms with Gasteiger partial charge in [-0.25, -0.2) is 4.98 Å². The molecule has 1 aliphatic heterocycles. The minimum atomic E-state index is -0.388. The summed E-state index contributed by atoms with van der Waals surface area (Å²) in [6.07, 6.45) is 4.72. The number of nitrogens with zero attached hydrogens (tertiary/aromatic N) is 2. The van der Waals surface area contributed by atoms with Crippen LogP contribution in [0.25, 0.3) is 0 Å². The molecule has 0 spiro atoms. The number of carbonyl (C=O) groups excluding carboxylic acids is 1. The number of aromatic nitrogens is 1. The molecule has 2 heterocycles. The molecule has 1 aromatic rings. The Balaban J connectivity index is 2.24. The Morgan fingerprint density at radius 2 is 2.30 bits per heavy atom. The minimum Gasteiger partial charge on any atom is -0.366 e. The van der Waals surface area contributed by atoms with Gasteiger partial charge in [-0.05, 0) is 58.3 Å². The Morgan fingerprint density at radius 1 is 1.50 bits per heavy atom. The van der Waals surface area contributed by atoms with E-state index >= 15 is 0 Å². The lowest BCUT2D eigenvalue weighted by Crippen LogP contribution is -2.41. The second-order valence-electron chi connectivity index (χ2n) is 5.45. The quantitative estimate of drug-likeness (QED) is 0.854. The van der Waals surface area contributed by atoms with Crippen LogP contribution in [-0.4, -0.2) is 37.1 Å². The highest BCUT2D eigenvalue weighted by molar-refractivity contribution is 5.93. The second kappa shape index (κ2) is 6.70. The number of hydrogen-bond acceptors (Lipinski definition) is 4. The number of nitrogens with one attached hydrogen (secondary N) is 1. The predicted molar refractivity (Wildman–Crippen MR) is 81.0 cm³/mol. The first-order valence-corrected chi connectivity index (χ1v) is 7.31. The third-order valence-electron chi connectivity index (χ3n) is 3.87. The van der Waals surface area contributed by atoms with E-state index in [-0.39, 0.29) is 5.91 Å². The predicted octanol–water partition coefficient (Wildman–Crippen LogP) is 1.46. The van der Waals surface area contributed by atoms with Crippen LogP contribution in [0.2, 0.25) is 0 Å². The number of pyridine rings is 1. The molecule has 1 unspecified atom stereocenters. The number of carbonyl (C=O) groups is 1. The molecule has 1 aliphatic rings. The number of nitrogens with two attached hydrogens (primary N) is 1. The van der Waals surface area contributed by atoms with Crippen molar-refractivity contribution < 1.29 is 4.79 Å². The van der Waals surface area contributed by atoms with Gasteiger partial charge in [-0.15, -0.1) is 0 Å². The summed E-state index contributed by atoms with van der Waals surface area (Å²) in [6, 6.07) is 4.07. The molecule has 0 aliphatic carbocycles. The highest BCUT2D eigenvalue weighted by Crippen LogP contribution is 2.26. The van der Waals surface area contributed by atoms with E-state index in [1.54, 1.807) is 6.07 Å². The number of amides is 1. The van der Waals surface area contributed by atoms with Crippen molar-refractivity contribution in [3.05, 3.63) is 23.4 Å². The molecule has 1 atom stereocenters. The molecular weight excluding hydrogens is 252 g/mol. The smallest absolute Gasteiger partial charge is 0.248 e. The Kier molecular flexibility index (Phi) is 4.95. The molecule has 1 amide bonds. The fourth-order valence-corrected chi connectivity index (χ4v) is 2.85. The normalized spacial score (nSPS) is 19.1. The van der Waals surface area contributed by atoms with Crippen LogP contribution in [0.15, 0.2) is 12.1 Å². The first-order chi connectivity index (χ1) is 9.61. The van der Waals surface area contributed by atoms with Crippen LogP contribution in [0.3, 0.4) is 0 Å². The average molecular weight is 276 g/mol. The molecule has 20 heavy (non-hydrogen) atoms. The Labute approximate surface area is 120 Å². The van der Waals surface area contributed by atoms with Crippen molar-refractivity contribution in [1.29, 1.82) is 0 Å². The fraction of sp³-hybridized carbons (Fsp3) is 0.600. The van der Waals surface area contributed by atoms with Gasteiger partial charge in [-0.1, -0.05) is 0 Å². The van der Waals surface area contributed by atoms with Crippen molar-refractivity contribution in [2.75, 3.05) is 25.0 Å². The van der Waals surface area contributed by atoms with Crippen molar-refractivity contribution in [2.45, 2.75) is 38.6 Å². The third-order valence-corrected chi connectivity index (χ3v) is 3.87. The first kappa shape index (κ1) is 14.8. The van der Waals surface area contributed by atoms with Gasteiger partial charge in [0.05, 0.1) is 0 Å². The lowest BCUT2D eigenvalue weighted by Gasteiger charge is -2.37. The summed E-state index contributed by atoms with van der Waals surface area (Å²) in [4.78, 5) is 18.3. The van der Waals surface area contributed by atoms with E-state index in [4.69, 9.17) is 5.73 Å². The maximum absolute atomic E-state index is 11.4. The molecule has 110 valence electrons. The van der Waals surface area contributed by atoms with E-state index in [9.17, 15) is 4.79 Å². The summed E-state index contributed by atoms with van der Waals surface area (Å²) in [5.41, 5.74) is 6.79. The van der Waals surface area contributed by atoms with E-state index in [1.165, 1.54) is 19.3 Å². The van der Waals surface area contributed by atoms with Crippen LogP contribution in [0.5, 0.6) is 0 Å². The monoisotopic (exact) mass is 276 g/mol. The lowest BCUT2D eigenvalue weighted by atomic mass is 9.99. The van der Waals surface area contributed by atoms with E-state index in [1.807, 2.05) is 20.0 Å². The number of hydrogen-bond donors (Lipinski definition) is 2. The Bertz CT molecular complexity index is 475. The zero-order chi connectivity index (χ0) is 14.5. The van der Waals surface area contributed by atoms with Crippen LogP contribution in [0.4, 0.5) is 5.82 Å². The van der Waals surface area contributed by atoms with Gasteiger partial charge < -0.3 is 16.0 Å². The molecule has 0 aromatic carbocycles. The van der Waals surface area contributed by atoms with Crippen molar-refractivity contribution in [3.63, 3.8) is 0 Å². The summed E-state index contributed by atoms with van der Waals surface area (Å²) >= 11 is 0. The average Bonchev–Trinajstić information content (AvgIpc) is 2.44. The van der Waals surface area contributed by atoms with Crippen LogP contribution >= 0.6 is 0 Å². The number of piperidine rings is 1. The molecule has 1 aromatic heterocycles. The van der Waals surface area contributed by atoms with Gasteiger partial charge >= 0.3 is 0 Å². The maximum Gasteiger partial charge on any atom is 0.248 e. The summed E-state index contributed by atoms with van der Waals surface area (Å²) in [7, 11) is 1.98. The summed E-state index contributed by atoms with van der Waals surface area (Å²) in [6.45, 7) is 3.90. The molecule has 1 saturated heterocycles. The van der Waals surface area contributed by atoms with Gasteiger partial charge in [0, 0.05) is 23.8 Å². The number of anilines is 1. The second-order valence-corrected chi connectivity index (χ2v) is 5.45. The van der Waals surface area contributed by atoms with Crippen molar-refractivity contribution in [1.82, 2.24) is 10.3 Å². The van der Waals surface area contributed by atoms with Gasteiger partial charge in [-0.2, -0.15) is 0 Å². The highest BCUT2D eigenvalue weighted by atomic mass is 16.1. The molecular formula is C15H24N4O. The maximum atomic E-state index is 11.4. The zero-order valence-electron chi connectivity index (χ0n) is 12.4. The van der Waals surface area contributed by atoms with Crippen LogP contribution in [0, 0.1) is 6.92 Å². The van der Waals surface area contributed by atoms with Gasteiger partial charge in [0.2, 0.25) is 5.91 Å². The van der Waals surface area contributed by atoms with Gasteiger partial charge in [0.1, 0.15) is 5.82 Å². The molecule has 2 rings (SSSR count). The van der Waals surface area contributed by atoms with Crippen molar-refractivity contribution in [3.8, 4) is 0 Å². The third kappa shape index (κ3) is 3.48. The highest BCUT2D eigenvalue weighted by Gasteiger charge is 2.23. The topological polar surface area (TPSA) is 71.2 Å². The molecule has 0 radical (unpaired) electrons. The summed E-state index contributed by atoms with van der Waals surface area (Å²) in [5.74, 6) is 0.500. The SMILES string of the molecule is CNCCC1CCCCN1c1cc(C(N)=O)cc(C)n1. The van der Waals surface area contributed by atoms with Crippen LogP contribution < -0.4 is 16.0 Å². The van der Waals surface area contributed by atoms with E-state index in [0.29, 0.717) is 11.6 Å². The summed E-state index contributed by atoms with van der Waals surface area (Å²) in [5, 5.41) is 3.21. The lowest BCUT2D eigenvalue weighted by molar-refractivity contribution is 0.1000. The molecule has 5 nitrogen and oxygen atoms in total. The molecule has 3 N–H and O–H groups in total. The van der Waals surface area contributed by atoms with Gasteiger partial charge in [-0.3, -0.25) is 4.79 Å². The number of primary amides is 1. The van der Waals surface area contributed by atoms with E-state index < -0.39 is 0 Å². The Hall–Kier alpha value is -1.62. The number of rotatable bonds is 5.